The maximum atomic E-state index is 12.0. The van der Waals surface area contributed by atoms with Gasteiger partial charge in [-0.25, -0.2) is 4.98 Å². The quantitative estimate of drug-likeness (QED) is 0.745. The van der Waals surface area contributed by atoms with E-state index >= 15 is 0 Å². The van der Waals surface area contributed by atoms with Crippen molar-refractivity contribution in [2.45, 2.75) is 12.5 Å². The number of aliphatic hydroxyl groups excluding tert-OH is 1. The third-order valence-corrected chi connectivity index (χ3v) is 4.56. The summed E-state index contributed by atoms with van der Waals surface area (Å²) in [5.41, 5.74) is 1.56. The average molecular weight is 318 g/mol. The van der Waals surface area contributed by atoms with Crippen LogP contribution in [0.25, 0.3) is 10.7 Å². The Bertz CT molecular complexity index is 631. The van der Waals surface area contributed by atoms with Crippen LogP contribution in [-0.2, 0) is 11.2 Å². The highest BCUT2D eigenvalue weighted by molar-refractivity contribution is 7.13. The van der Waals surface area contributed by atoms with Gasteiger partial charge >= 0.3 is 0 Å². The fourth-order valence-corrected chi connectivity index (χ4v) is 3.19. The predicted molar refractivity (Wildman–Crippen MR) is 84.4 cm³/mol. The van der Waals surface area contributed by atoms with Gasteiger partial charge in [-0.2, -0.15) is 0 Å². The molecule has 1 amide bonds. The first-order valence-corrected chi connectivity index (χ1v) is 8.11. The molecule has 22 heavy (non-hydrogen) atoms. The fraction of sp³-hybridized carbons (Fsp3) is 0.400. The molecule has 1 aliphatic rings. The van der Waals surface area contributed by atoms with E-state index in [1.54, 1.807) is 6.20 Å². The van der Waals surface area contributed by atoms with Crippen molar-refractivity contribution in [1.82, 2.24) is 20.6 Å². The molecule has 0 radical (unpaired) electrons. The molecule has 2 atom stereocenters. The number of nitrogens with zero attached hydrogens (tertiary/aromatic N) is 2. The zero-order valence-electron chi connectivity index (χ0n) is 12.0. The SMILES string of the molecule is O=C(Cc1csc(-c2ccccn2)n1)NCC1CNCC1O. The molecule has 2 unspecified atom stereocenters. The average Bonchev–Trinajstić information content (AvgIpc) is 3.15. The first kappa shape index (κ1) is 15.1. The van der Waals surface area contributed by atoms with Crippen LogP contribution in [0.2, 0.25) is 0 Å². The van der Waals surface area contributed by atoms with Gasteiger partial charge in [-0.15, -0.1) is 11.3 Å². The summed E-state index contributed by atoms with van der Waals surface area (Å²) in [6.07, 6.45) is 1.60. The first-order chi connectivity index (χ1) is 10.7. The van der Waals surface area contributed by atoms with Crippen LogP contribution in [0.4, 0.5) is 0 Å². The van der Waals surface area contributed by atoms with E-state index in [4.69, 9.17) is 0 Å². The molecule has 6 nitrogen and oxygen atoms in total. The topological polar surface area (TPSA) is 87.1 Å². The third kappa shape index (κ3) is 3.68. The Balaban J connectivity index is 1.53. The highest BCUT2D eigenvalue weighted by atomic mass is 32.1. The summed E-state index contributed by atoms with van der Waals surface area (Å²) in [6.45, 7) is 1.83. The van der Waals surface area contributed by atoms with Gasteiger partial charge < -0.3 is 15.7 Å². The van der Waals surface area contributed by atoms with Gasteiger partial charge in [-0.3, -0.25) is 9.78 Å². The zero-order valence-corrected chi connectivity index (χ0v) is 12.8. The summed E-state index contributed by atoms with van der Waals surface area (Å²) < 4.78 is 0. The second-order valence-electron chi connectivity index (χ2n) is 5.33. The summed E-state index contributed by atoms with van der Waals surface area (Å²) in [5.74, 6) is 0.0143. The summed E-state index contributed by atoms with van der Waals surface area (Å²) in [6, 6.07) is 5.67. The molecular weight excluding hydrogens is 300 g/mol. The molecule has 0 aliphatic carbocycles. The molecular formula is C15H18N4O2S. The number of hydrogen-bond acceptors (Lipinski definition) is 6. The van der Waals surface area contributed by atoms with Crippen molar-refractivity contribution in [3.8, 4) is 10.7 Å². The van der Waals surface area contributed by atoms with Crippen LogP contribution in [0.5, 0.6) is 0 Å². The number of hydrogen-bond donors (Lipinski definition) is 3. The Morgan fingerprint density at radius 1 is 1.45 bits per heavy atom. The Kier molecular flexibility index (Phi) is 4.77. The van der Waals surface area contributed by atoms with Crippen LogP contribution in [0, 0.1) is 5.92 Å². The second-order valence-corrected chi connectivity index (χ2v) is 6.18. The van der Waals surface area contributed by atoms with E-state index in [0.717, 1.165) is 22.9 Å². The van der Waals surface area contributed by atoms with Crippen molar-refractivity contribution in [2.75, 3.05) is 19.6 Å². The van der Waals surface area contributed by atoms with Crippen LogP contribution < -0.4 is 10.6 Å². The molecule has 1 aliphatic heterocycles. The molecule has 0 spiro atoms. The van der Waals surface area contributed by atoms with Gasteiger partial charge in [0, 0.05) is 37.1 Å². The molecule has 7 heteroatoms. The minimum Gasteiger partial charge on any atom is -0.391 e. The molecule has 0 aromatic carbocycles. The number of carbonyl (C=O) groups is 1. The molecule has 2 aromatic rings. The molecule has 0 bridgehead atoms. The summed E-state index contributed by atoms with van der Waals surface area (Å²) >= 11 is 1.48. The lowest BCUT2D eigenvalue weighted by molar-refractivity contribution is -0.120. The van der Waals surface area contributed by atoms with Crippen molar-refractivity contribution in [3.05, 3.63) is 35.5 Å². The minimum absolute atomic E-state index is 0.0722. The molecule has 1 fully saturated rings. The molecule has 3 N–H and O–H groups in total. The highest BCUT2D eigenvalue weighted by Gasteiger charge is 2.25. The Morgan fingerprint density at radius 2 is 2.36 bits per heavy atom. The van der Waals surface area contributed by atoms with Gasteiger partial charge in [-0.1, -0.05) is 6.07 Å². The molecule has 1 saturated heterocycles. The number of amides is 1. The van der Waals surface area contributed by atoms with Gasteiger partial charge in [-0.05, 0) is 12.1 Å². The Labute approximate surface area is 132 Å². The number of pyridine rings is 1. The van der Waals surface area contributed by atoms with Gasteiger partial charge in [0.1, 0.15) is 5.01 Å². The van der Waals surface area contributed by atoms with Crippen LogP contribution in [-0.4, -0.2) is 46.7 Å². The third-order valence-electron chi connectivity index (χ3n) is 3.64. The number of nitrogens with one attached hydrogen (secondary N) is 2. The lowest BCUT2D eigenvalue weighted by Gasteiger charge is -2.13. The Hall–Kier alpha value is -1.83. The van der Waals surface area contributed by atoms with Crippen LogP contribution in [0.1, 0.15) is 5.69 Å². The van der Waals surface area contributed by atoms with Gasteiger partial charge in [0.05, 0.1) is 23.9 Å². The van der Waals surface area contributed by atoms with E-state index < -0.39 is 0 Å². The van der Waals surface area contributed by atoms with Gasteiger partial charge in [0.25, 0.3) is 0 Å². The standard InChI is InChI=1S/C15H18N4O2S/c20-13-8-16-6-10(13)7-18-14(21)5-11-9-22-15(19-11)12-3-1-2-4-17-12/h1-4,9-10,13,16,20H,5-8H2,(H,18,21). The normalized spacial score (nSPS) is 21.0. The number of rotatable bonds is 5. The van der Waals surface area contributed by atoms with E-state index in [2.05, 4.69) is 20.6 Å². The fourth-order valence-electron chi connectivity index (χ4n) is 2.39. The van der Waals surface area contributed by atoms with Crippen molar-refractivity contribution >= 4 is 17.2 Å². The molecule has 3 heterocycles. The van der Waals surface area contributed by atoms with Crippen LogP contribution >= 0.6 is 11.3 Å². The summed E-state index contributed by atoms with van der Waals surface area (Å²) in [5, 5.41) is 18.4. The maximum absolute atomic E-state index is 12.0. The minimum atomic E-state index is -0.379. The number of β-amino-alcohol motifs (C(OH)–C–C–N with tert-alkyl or cyclic N) is 1. The smallest absolute Gasteiger partial charge is 0.226 e. The molecule has 2 aromatic heterocycles. The first-order valence-electron chi connectivity index (χ1n) is 7.23. The lowest BCUT2D eigenvalue weighted by atomic mass is 10.1. The van der Waals surface area contributed by atoms with E-state index in [1.165, 1.54) is 11.3 Å². The van der Waals surface area contributed by atoms with Gasteiger partial charge in [0.2, 0.25) is 5.91 Å². The molecule has 3 rings (SSSR count). The van der Waals surface area contributed by atoms with E-state index in [-0.39, 0.29) is 24.3 Å². The zero-order chi connectivity index (χ0) is 15.4. The second kappa shape index (κ2) is 6.95. The lowest BCUT2D eigenvalue weighted by Crippen LogP contribution is -2.35. The number of aromatic nitrogens is 2. The molecule has 0 saturated carbocycles. The monoisotopic (exact) mass is 318 g/mol. The molecule has 116 valence electrons. The van der Waals surface area contributed by atoms with Crippen LogP contribution in [0.15, 0.2) is 29.8 Å². The van der Waals surface area contributed by atoms with E-state index in [0.29, 0.717) is 13.1 Å². The Morgan fingerprint density at radius 3 is 3.09 bits per heavy atom. The van der Waals surface area contributed by atoms with E-state index in [9.17, 15) is 9.90 Å². The van der Waals surface area contributed by atoms with Crippen LogP contribution in [0.3, 0.4) is 0 Å². The van der Waals surface area contributed by atoms with Crippen molar-refractivity contribution in [2.24, 2.45) is 5.92 Å². The predicted octanol–water partition coefficient (Wildman–Crippen LogP) is 0.444. The number of thiazole rings is 1. The van der Waals surface area contributed by atoms with Gasteiger partial charge in [0.15, 0.2) is 0 Å². The van der Waals surface area contributed by atoms with E-state index in [1.807, 2.05) is 23.6 Å². The van der Waals surface area contributed by atoms with Crippen molar-refractivity contribution in [3.63, 3.8) is 0 Å². The largest absolute Gasteiger partial charge is 0.391 e. The highest BCUT2D eigenvalue weighted by Crippen LogP contribution is 2.21. The number of aliphatic hydroxyl groups is 1. The maximum Gasteiger partial charge on any atom is 0.226 e. The van der Waals surface area contributed by atoms with Crippen molar-refractivity contribution < 1.29 is 9.90 Å². The summed E-state index contributed by atoms with van der Waals surface area (Å²) in [4.78, 5) is 20.7. The number of carbonyl (C=O) groups excluding carboxylic acids is 1. The summed E-state index contributed by atoms with van der Waals surface area (Å²) in [7, 11) is 0. The van der Waals surface area contributed by atoms with Crippen molar-refractivity contribution in [1.29, 1.82) is 0 Å².